The van der Waals surface area contributed by atoms with E-state index < -0.39 is 5.96 Å². The van der Waals surface area contributed by atoms with E-state index in [0.29, 0.717) is 5.89 Å². The Kier molecular flexibility index (Phi) is 5.88. The van der Waals surface area contributed by atoms with Crippen molar-refractivity contribution in [3.63, 3.8) is 0 Å². The van der Waals surface area contributed by atoms with Gasteiger partial charge in [-0.15, -0.1) is 0 Å². The summed E-state index contributed by atoms with van der Waals surface area (Å²) in [7, 11) is 0. The first kappa shape index (κ1) is 22.0. The van der Waals surface area contributed by atoms with E-state index in [2.05, 4.69) is 36.4 Å². The third-order valence-corrected chi connectivity index (χ3v) is 13.8. The summed E-state index contributed by atoms with van der Waals surface area (Å²) >= 11 is 9.82. The molecule has 164 valence electrons. The Morgan fingerprint density at radius 2 is 1.03 bits per heavy atom. The third-order valence-electron chi connectivity index (χ3n) is 5.91. The summed E-state index contributed by atoms with van der Waals surface area (Å²) in [6.07, 6.45) is 2.01. The molecule has 4 aromatic carbocycles. The number of thioether (sulfide) groups is 1. The summed E-state index contributed by atoms with van der Waals surface area (Å²) < 4.78 is 6.39. The van der Waals surface area contributed by atoms with Crippen molar-refractivity contribution in [3.8, 4) is 11.5 Å². The van der Waals surface area contributed by atoms with Crippen molar-refractivity contribution in [2.45, 2.75) is 5.09 Å². The van der Waals surface area contributed by atoms with E-state index in [1.807, 2.05) is 91.2 Å². The van der Waals surface area contributed by atoms with Crippen LogP contribution in [0.5, 0.6) is 0 Å². The molecular weight excluding hydrogens is 465 g/mol. The van der Waals surface area contributed by atoms with Crippen LogP contribution in [0.4, 0.5) is 0 Å². The second-order valence-corrected chi connectivity index (χ2v) is 14.5. The Hall–Kier alpha value is -2.84. The van der Waals surface area contributed by atoms with E-state index >= 15 is 0 Å². The van der Waals surface area contributed by atoms with Crippen molar-refractivity contribution in [1.82, 2.24) is 4.98 Å². The normalized spacial score (nSPS) is 12.7. The average molecular weight is 488 g/mol. The molecule has 0 aliphatic carbocycles. The molecule has 1 heterocycles. The average Bonchev–Trinajstić information content (AvgIpc) is 3.36. The van der Waals surface area contributed by atoms with Gasteiger partial charge < -0.3 is 0 Å². The van der Waals surface area contributed by atoms with Crippen molar-refractivity contribution in [1.29, 1.82) is 0 Å². The van der Waals surface area contributed by atoms with Gasteiger partial charge in [-0.3, -0.25) is 0 Å². The maximum atomic E-state index is 8.28. The van der Waals surface area contributed by atoms with Crippen LogP contribution in [-0.4, -0.2) is 11.2 Å². The van der Waals surface area contributed by atoms with Gasteiger partial charge >= 0.3 is 204 Å². The third kappa shape index (κ3) is 3.43. The summed E-state index contributed by atoms with van der Waals surface area (Å²) in [6, 6.07) is 41.0. The Morgan fingerprint density at radius 3 is 1.42 bits per heavy atom. The number of rotatable bonds is 6. The number of benzene rings is 4. The molecule has 5 heteroatoms. The molecular formula is C28H23ClNOPS. The van der Waals surface area contributed by atoms with E-state index in [1.165, 1.54) is 11.8 Å². The summed E-state index contributed by atoms with van der Waals surface area (Å²) in [6.45, 7) is 0. The van der Waals surface area contributed by atoms with Crippen LogP contribution in [-0.2, 0) is 0 Å². The second kappa shape index (κ2) is 8.83. The molecule has 0 aliphatic rings. The SMILES string of the molecule is CSc1oc(-c2ccccc2)nc1P(Cl)(c1ccccc1)(c1ccccc1)c1ccccc1. The zero-order valence-corrected chi connectivity index (χ0v) is 20.6. The standard InChI is InChI=1S/C28H23ClNOPS/c1-33-28-27(30-26(31-28)22-14-6-2-7-15-22)32(29,23-16-8-3-9-17-23,24-18-10-4-11-19-24)25-20-12-5-13-21-25/h2-21H,1H3. The number of halogens is 1. The van der Waals surface area contributed by atoms with Gasteiger partial charge in [0.2, 0.25) is 0 Å². The van der Waals surface area contributed by atoms with Crippen LogP contribution < -0.4 is 21.3 Å². The molecule has 0 unspecified atom stereocenters. The van der Waals surface area contributed by atoms with Crippen molar-refractivity contribution in [3.05, 3.63) is 121 Å². The van der Waals surface area contributed by atoms with E-state index in [0.717, 1.165) is 32.0 Å². The van der Waals surface area contributed by atoms with Crippen LogP contribution in [0.1, 0.15) is 0 Å². The number of aromatic nitrogens is 1. The molecule has 0 aliphatic heterocycles. The van der Waals surface area contributed by atoms with Crippen LogP contribution in [0.25, 0.3) is 11.5 Å². The van der Waals surface area contributed by atoms with Gasteiger partial charge in [0.1, 0.15) is 0 Å². The van der Waals surface area contributed by atoms with Crippen LogP contribution in [0.15, 0.2) is 131 Å². The minimum absolute atomic E-state index is 0.576. The van der Waals surface area contributed by atoms with Crippen LogP contribution >= 0.6 is 29.0 Å². The molecule has 0 saturated heterocycles. The molecule has 0 bridgehead atoms. The predicted molar refractivity (Wildman–Crippen MR) is 144 cm³/mol. The quantitative estimate of drug-likeness (QED) is 0.205. The molecule has 0 atom stereocenters. The topological polar surface area (TPSA) is 26.0 Å². The molecule has 5 rings (SSSR count). The molecule has 5 aromatic rings. The zero-order chi connectivity index (χ0) is 22.8. The molecule has 0 saturated carbocycles. The molecule has 2 nitrogen and oxygen atoms in total. The van der Waals surface area contributed by atoms with Crippen molar-refractivity contribution >= 4 is 50.3 Å². The van der Waals surface area contributed by atoms with Crippen LogP contribution in [0.2, 0.25) is 0 Å². The van der Waals surface area contributed by atoms with Gasteiger partial charge in [0.05, 0.1) is 0 Å². The number of nitrogens with zero attached hydrogens (tertiary/aromatic N) is 1. The first-order valence-electron chi connectivity index (χ1n) is 10.7. The fourth-order valence-corrected chi connectivity index (χ4v) is 11.6. The number of hydrogen-bond acceptors (Lipinski definition) is 3. The molecule has 33 heavy (non-hydrogen) atoms. The summed E-state index contributed by atoms with van der Waals surface area (Å²) in [4.78, 5) is 5.16. The Bertz CT molecular complexity index is 1260. The van der Waals surface area contributed by atoms with Crippen LogP contribution in [0, 0.1) is 0 Å². The molecule has 0 N–H and O–H groups in total. The Morgan fingerprint density at radius 1 is 0.636 bits per heavy atom. The van der Waals surface area contributed by atoms with Gasteiger partial charge in [0.15, 0.2) is 0 Å². The molecule has 0 amide bonds. The Balaban J connectivity index is 1.96. The van der Waals surface area contributed by atoms with E-state index in [1.54, 1.807) is 0 Å². The van der Waals surface area contributed by atoms with Gasteiger partial charge in [-0.25, -0.2) is 0 Å². The zero-order valence-electron chi connectivity index (χ0n) is 18.1. The minimum atomic E-state index is -3.76. The van der Waals surface area contributed by atoms with Gasteiger partial charge in [-0.05, 0) is 0 Å². The summed E-state index contributed by atoms with van der Waals surface area (Å²) in [5, 5.41) is 3.83. The van der Waals surface area contributed by atoms with Gasteiger partial charge in [-0.1, -0.05) is 0 Å². The molecule has 0 fully saturated rings. The van der Waals surface area contributed by atoms with Gasteiger partial charge in [0.25, 0.3) is 0 Å². The number of hydrogen-bond donors (Lipinski definition) is 0. The number of oxazole rings is 1. The second-order valence-electron chi connectivity index (χ2n) is 7.72. The van der Waals surface area contributed by atoms with Crippen molar-refractivity contribution < 1.29 is 4.42 Å². The van der Waals surface area contributed by atoms with Crippen molar-refractivity contribution in [2.24, 2.45) is 0 Å². The summed E-state index contributed by atoms with van der Waals surface area (Å²) in [5.74, 6) is -3.18. The predicted octanol–water partition coefficient (Wildman–Crippen LogP) is 6.37. The molecule has 0 radical (unpaired) electrons. The fourth-order valence-electron chi connectivity index (χ4n) is 4.34. The van der Waals surface area contributed by atoms with Crippen LogP contribution in [0.3, 0.4) is 0 Å². The first-order chi connectivity index (χ1) is 16.2. The van der Waals surface area contributed by atoms with E-state index in [9.17, 15) is 0 Å². The van der Waals surface area contributed by atoms with Crippen molar-refractivity contribution in [2.75, 3.05) is 6.26 Å². The van der Waals surface area contributed by atoms with E-state index in [4.69, 9.17) is 20.6 Å². The molecule has 1 aromatic heterocycles. The first-order valence-corrected chi connectivity index (χ1v) is 15.0. The van der Waals surface area contributed by atoms with Gasteiger partial charge in [0, 0.05) is 0 Å². The Labute approximate surface area is 203 Å². The fraction of sp³-hybridized carbons (Fsp3) is 0.0357. The maximum absolute atomic E-state index is 8.28. The van der Waals surface area contributed by atoms with E-state index in [-0.39, 0.29) is 0 Å². The van der Waals surface area contributed by atoms with Gasteiger partial charge in [-0.2, -0.15) is 0 Å². The molecule has 0 spiro atoms. The summed E-state index contributed by atoms with van der Waals surface area (Å²) in [5.41, 5.74) is 1.72. The monoisotopic (exact) mass is 487 g/mol.